The number of amides is 1. The monoisotopic (exact) mass is 696 g/mol. The van der Waals surface area contributed by atoms with Crippen LogP contribution in [0.5, 0.6) is 0 Å². The van der Waals surface area contributed by atoms with Crippen LogP contribution < -0.4 is 10.6 Å². The minimum Gasteiger partial charge on any atom is -0.457 e. The highest BCUT2D eigenvalue weighted by Gasteiger charge is 2.57. The molecule has 12 atom stereocenters. The van der Waals surface area contributed by atoms with Crippen molar-refractivity contribution in [2.24, 2.45) is 17.3 Å². The van der Waals surface area contributed by atoms with Crippen molar-refractivity contribution in [1.82, 2.24) is 20.4 Å². The van der Waals surface area contributed by atoms with E-state index < -0.39 is 71.0 Å². The summed E-state index contributed by atoms with van der Waals surface area (Å²) in [4.78, 5) is 45.4. The van der Waals surface area contributed by atoms with Gasteiger partial charge in [0.25, 0.3) is 0 Å². The van der Waals surface area contributed by atoms with Crippen LogP contribution in [0.1, 0.15) is 87.5 Å². The first kappa shape index (κ1) is 39.9. The number of Topliss-reactive ketones (excluding diaryl/α,β-unsaturated/α-hetero) is 1. The van der Waals surface area contributed by atoms with Gasteiger partial charge in [-0.25, -0.2) is 4.79 Å². The van der Waals surface area contributed by atoms with Gasteiger partial charge in [-0.3, -0.25) is 9.59 Å². The van der Waals surface area contributed by atoms with E-state index in [1.165, 1.54) is 0 Å². The van der Waals surface area contributed by atoms with Gasteiger partial charge in [0.05, 0.1) is 23.9 Å². The summed E-state index contributed by atoms with van der Waals surface area (Å²) in [7, 11) is 7.46. The predicted molar refractivity (Wildman–Crippen MR) is 184 cm³/mol. The highest BCUT2D eigenvalue weighted by atomic mass is 16.7. The molecule has 13 heteroatoms. The second kappa shape index (κ2) is 15.4. The zero-order valence-corrected chi connectivity index (χ0v) is 31.9. The molecule has 0 aromatic rings. The van der Waals surface area contributed by atoms with E-state index in [1.807, 2.05) is 46.8 Å². The van der Waals surface area contributed by atoms with Crippen LogP contribution in [0.15, 0.2) is 0 Å². The van der Waals surface area contributed by atoms with Crippen molar-refractivity contribution in [1.29, 1.82) is 0 Å². The molecule has 1 saturated carbocycles. The highest BCUT2D eigenvalue weighted by Crippen LogP contribution is 2.40. The van der Waals surface area contributed by atoms with E-state index >= 15 is 0 Å². The molecule has 1 amide bonds. The third-order valence-corrected chi connectivity index (χ3v) is 11.7. The van der Waals surface area contributed by atoms with Gasteiger partial charge in [0, 0.05) is 44.2 Å². The molecule has 0 spiro atoms. The Morgan fingerprint density at radius 2 is 1.76 bits per heavy atom. The number of carbonyl (C=O) groups excluding carboxylic acids is 3. The Bertz CT molecular complexity index is 1180. The molecule has 1 aliphatic carbocycles. The minimum atomic E-state index is -1.59. The van der Waals surface area contributed by atoms with E-state index in [4.69, 9.17) is 23.7 Å². The van der Waals surface area contributed by atoms with Crippen molar-refractivity contribution in [3.05, 3.63) is 0 Å². The molecule has 3 heterocycles. The maximum Gasteiger partial charge on any atom is 0.408 e. The van der Waals surface area contributed by atoms with Crippen LogP contribution >= 0.6 is 0 Å². The summed E-state index contributed by atoms with van der Waals surface area (Å²) in [6.45, 7) is 15.8. The summed E-state index contributed by atoms with van der Waals surface area (Å²) in [5.41, 5.74) is -3.79. The van der Waals surface area contributed by atoms with E-state index in [-0.39, 0.29) is 24.1 Å². The molecule has 0 unspecified atom stereocenters. The number of hydrogen-bond donors (Lipinski definition) is 3. The topological polar surface area (TPSA) is 148 Å². The number of methoxy groups -OCH3 is 1. The number of nitrogens with zero attached hydrogens (tertiary/aromatic N) is 2. The molecule has 4 aliphatic rings. The lowest BCUT2D eigenvalue weighted by atomic mass is 9.74. The van der Waals surface area contributed by atoms with Crippen LogP contribution in [-0.2, 0) is 33.3 Å². The van der Waals surface area contributed by atoms with Gasteiger partial charge >= 0.3 is 12.1 Å². The van der Waals surface area contributed by atoms with Gasteiger partial charge in [-0.15, -0.1) is 0 Å². The Morgan fingerprint density at radius 1 is 1.10 bits per heavy atom. The van der Waals surface area contributed by atoms with E-state index in [0.717, 1.165) is 12.8 Å². The lowest BCUT2D eigenvalue weighted by Crippen LogP contribution is -2.60. The standard InChI is InChI=1S/C36H64N4O9/c1-13-26-36(8)28(38-33(44)49-36)22(4)40(11)19-20(2)17-35(7,45-12)30(21(3)29(42)34(5,6)32(43)47-26)48-31-27(41)25(39(9)10)16-24(46-31)18-37-23-14-15-23/h20-28,30-31,37,41H,13-19H2,1-12H3,(H,38,44)/t20-,21+,22-,24+,25+,26-,27-,28-,30-,31+,35-,36-/m1/s1. The number of fused-ring (bicyclic) bond motifs is 1. The first-order valence-electron chi connectivity index (χ1n) is 18.2. The number of aliphatic hydroxyl groups excluding tert-OH is 1. The molecular weight excluding hydrogens is 632 g/mol. The fourth-order valence-corrected chi connectivity index (χ4v) is 8.30. The number of nitrogens with one attached hydrogen (secondary N) is 2. The molecule has 0 bridgehead atoms. The van der Waals surface area contributed by atoms with Gasteiger partial charge in [-0.05, 0) is 93.8 Å². The largest absolute Gasteiger partial charge is 0.457 e. The zero-order chi connectivity index (χ0) is 36.6. The Hall–Kier alpha value is -1.87. The van der Waals surface area contributed by atoms with E-state index in [9.17, 15) is 19.5 Å². The third-order valence-electron chi connectivity index (χ3n) is 11.7. The van der Waals surface area contributed by atoms with Crippen molar-refractivity contribution in [2.75, 3.05) is 41.3 Å². The zero-order valence-electron chi connectivity index (χ0n) is 31.9. The lowest BCUT2D eigenvalue weighted by molar-refractivity contribution is -0.297. The van der Waals surface area contributed by atoms with Crippen molar-refractivity contribution in [3.63, 3.8) is 0 Å². The van der Waals surface area contributed by atoms with Gasteiger partial charge in [0.15, 0.2) is 17.7 Å². The van der Waals surface area contributed by atoms with Crippen molar-refractivity contribution in [3.8, 4) is 0 Å². The Morgan fingerprint density at radius 3 is 2.33 bits per heavy atom. The summed E-state index contributed by atoms with van der Waals surface area (Å²) < 4.78 is 31.5. The van der Waals surface area contributed by atoms with E-state index in [2.05, 4.69) is 22.5 Å². The second-order valence-electron chi connectivity index (χ2n) is 16.4. The minimum absolute atomic E-state index is 0.0373. The third kappa shape index (κ3) is 8.45. The number of rotatable bonds is 8. The van der Waals surface area contributed by atoms with Crippen LogP contribution in [-0.4, -0.2) is 140 Å². The average molecular weight is 697 g/mol. The molecule has 3 saturated heterocycles. The first-order chi connectivity index (χ1) is 22.8. The number of aliphatic hydroxyl groups is 1. The average Bonchev–Trinajstić information content (AvgIpc) is 3.82. The molecule has 4 rings (SSSR count). The number of ether oxygens (including phenoxy) is 5. The predicted octanol–water partition coefficient (Wildman–Crippen LogP) is 2.72. The highest BCUT2D eigenvalue weighted by molar-refractivity contribution is 6.04. The summed E-state index contributed by atoms with van der Waals surface area (Å²) in [5.74, 6) is -1.93. The fraction of sp³-hybridized carbons (Fsp3) is 0.917. The molecule has 282 valence electrons. The number of hydrogen-bond acceptors (Lipinski definition) is 12. The summed E-state index contributed by atoms with van der Waals surface area (Å²) >= 11 is 0. The van der Waals surface area contributed by atoms with Gasteiger partial charge in [0.1, 0.15) is 17.6 Å². The van der Waals surface area contributed by atoms with Crippen LogP contribution in [0, 0.1) is 17.3 Å². The van der Waals surface area contributed by atoms with E-state index in [0.29, 0.717) is 38.4 Å². The summed E-state index contributed by atoms with van der Waals surface area (Å²) in [6.07, 6.45) is -0.746. The SMILES string of the molecule is CC[C@H]1OC(=O)C(C)(C)C(=O)[C@H](C)[C@@H](O[C@@H]2O[C@H](CNC3CC3)C[C@H](N(C)C)[C@H]2O)[C@](C)(OC)C[C@@H](C)CN(C)[C@H](C)[C@H]2NC(=O)O[C@@]21C. The number of esters is 1. The van der Waals surface area contributed by atoms with Crippen LogP contribution in [0.4, 0.5) is 4.79 Å². The number of likely N-dealkylation sites (N-methyl/N-ethyl adjacent to an activating group) is 2. The molecule has 0 aromatic carbocycles. The molecule has 0 radical (unpaired) electrons. The summed E-state index contributed by atoms with van der Waals surface area (Å²) in [5, 5.41) is 18.1. The number of carbonyl (C=O) groups is 3. The molecular formula is C36H64N4O9. The Balaban J connectivity index is 1.73. The fourth-order valence-electron chi connectivity index (χ4n) is 8.30. The molecule has 3 N–H and O–H groups in total. The first-order valence-corrected chi connectivity index (χ1v) is 18.2. The van der Waals surface area contributed by atoms with Gasteiger partial charge in [-0.1, -0.05) is 20.8 Å². The second-order valence-corrected chi connectivity index (χ2v) is 16.4. The van der Waals surface area contributed by atoms with Gasteiger partial charge in [0.2, 0.25) is 0 Å². The van der Waals surface area contributed by atoms with E-state index in [1.54, 1.807) is 34.8 Å². The maximum atomic E-state index is 14.5. The van der Waals surface area contributed by atoms with Crippen LogP contribution in [0.2, 0.25) is 0 Å². The molecule has 3 aliphatic heterocycles. The quantitative estimate of drug-likeness (QED) is 0.253. The number of alkyl carbamates (subject to hydrolysis) is 1. The van der Waals surface area contributed by atoms with Crippen molar-refractivity contribution < 1.29 is 43.2 Å². The van der Waals surface area contributed by atoms with Gasteiger partial charge < -0.3 is 49.2 Å². The van der Waals surface area contributed by atoms with Crippen molar-refractivity contribution >= 4 is 17.8 Å². The smallest absolute Gasteiger partial charge is 0.408 e. The number of cyclic esters (lactones) is 1. The maximum absolute atomic E-state index is 14.5. The van der Waals surface area contributed by atoms with Crippen LogP contribution in [0.3, 0.4) is 0 Å². The number of ketones is 1. The summed E-state index contributed by atoms with van der Waals surface area (Å²) in [6, 6.07) is -0.421. The Kier molecular flexibility index (Phi) is 12.5. The van der Waals surface area contributed by atoms with Gasteiger partial charge in [-0.2, -0.15) is 0 Å². The van der Waals surface area contributed by atoms with Crippen molar-refractivity contribution in [2.45, 2.75) is 154 Å². The molecule has 13 nitrogen and oxygen atoms in total. The lowest BCUT2D eigenvalue weighted by Gasteiger charge is -2.47. The van der Waals surface area contributed by atoms with Crippen LogP contribution in [0.25, 0.3) is 0 Å². The molecule has 49 heavy (non-hydrogen) atoms. The Labute approximate surface area is 293 Å². The molecule has 0 aromatic heterocycles. The molecule has 4 fully saturated rings. The normalized spacial score (nSPS) is 42.9.